The molecule has 0 aliphatic rings. The van der Waals surface area contributed by atoms with Gasteiger partial charge in [0.2, 0.25) is 21.8 Å². The van der Waals surface area contributed by atoms with Crippen LogP contribution in [-0.2, 0) is 26.2 Å². The average Bonchev–Trinajstić information content (AvgIpc) is 2.69. The molecular formula is C22H27BrFN3O4S. The fraction of sp³-hybridized carbons (Fsp3) is 0.364. The van der Waals surface area contributed by atoms with Gasteiger partial charge in [0.05, 0.1) is 11.9 Å². The van der Waals surface area contributed by atoms with Gasteiger partial charge in [0, 0.05) is 17.1 Å². The monoisotopic (exact) mass is 527 g/mol. The van der Waals surface area contributed by atoms with Crippen LogP contribution in [0.1, 0.15) is 26.3 Å². The van der Waals surface area contributed by atoms with Crippen LogP contribution in [0.15, 0.2) is 53.0 Å². The maximum absolute atomic E-state index is 13.3. The lowest BCUT2D eigenvalue weighted by Crippen LogP contribution is -2.52. The number of rotatable bonds is 9. The highest BCUT2D eigenvalue weighted by molar-refractivity contribution is 9.10. The number of halogens is 2. The first-order chi connectivity index (χ1) is 14.9. The molecule has 174 valence electrons. The van der Waals surface area contributed by atoms with Crippen molar-refractivity contribution in [1.29, 1.82) is 0 Å². The molecule has 2 aromatic carbocycles. The Morgan fingerprint density at radius 2 is 1.72 bits per heavy atom. The third kappa shape index (κ3) is 7.30. The standard InChI is InChI=1S/C22H27BrFN3O4S/c1-15(2)25-22(29)16(3)26(13-17-8-10-19(24)11-9-17)21(28)14-27(32(4,30)31)20-7-5-6-18(23)12-20/h5-12,15-16H,13-14H2,1-4H3,(H,25,29). The number of hydrogen-bond acceptors (Lipinski definition) is 4. The normalized spacial score (nSPS) is 12.3. The number of carbonyl (C=O) groups is 2. The number of amides is 2. The summed E-state index contributed by atoms with van der Waals surface area (Å²) in [7, 11) is -3.79. The molecule has 0 radical (unpaired) electrons. The lowest BCUT2D eigenvalue weighted by Gasteiger charge is -2.32. The van der Waals surface area contributed by atoms with Crippen LogP contribution in [0.3, 0.4) is 0 Å². The van der Waals surface area contributed by atoms with E-state index in [2.05, 4.69) is 21.2 Å². The van der Waals surface area contributed by atoms with Crippen LogP contribution in [0.4, 0.5) is 10.1 Å². The molecule has 1 atom stereocenters. The van der Waals surface area contributed by atoms with Crippen molar-refractivity contribution in [2.75, 3.05) is 17.1 Å². The van der Waals surface area contributed by atoms with Gasteiger partial charge in [-0.05, 0) is 56.7 Å². The van der Waals surface area contributed by atoms with Crippen molar-refractivity contribution in [3.8, 4) is 0 Å². The molecular weight excluding hydrogens is 501 g/mol. The molecule has 0 spiro atoms. The second-order valence-corrected chi connectivity index (χ2v) is 10.6. The number of anilines is 1. The molecule has 0 aliphatic carbocycles. The molecule has 2 rings (SSSR count). The Bertz CT molecular complexity index is 1060. The predicted molar refractivity (Wildman–Crippen MR) is 126 cm³/mol. The van der Waals surface area contributed by atoms with Crippen molar-refractivity contribution in [2.45, 2.75) is 39.4 Å². The van der Waals surface area contributed by atoms with E-state index in [9.17, 15) is 22.4 Å². The van der Waals surface area contributed by atoms with E-state index in [1.807, 2.05) is 0 Å². The molecule has 32 heavy (non-hydrogen) atoms. The minimum atomic E-state index is -3.79. The second-order valence-electron chi connectivity index (χ2n) is 7.74. The van der Waals surface area contributed by atoms with Crippen molar-refractivity contribution >= 4 is 43.5 Å². The molecule has 0 aromatic heterocycles. The summed E-state index contributed by atoms with van der Waals surface area (Å²) in [5.74, 6) is -1.36. The molecule has 0 saturated heterocycles. The molecule has 10 heteroatoms. The molecule has 0 aliphatic heterocycles. The van der Waals surface area contributed by atoms with Gasteiger partial charge in [0.1, 0.15) is 18.4 Å². The fourth-order valence-corrected chi connectivity index (χ4v) is 4.25. The molecule has 0 heterocycles. The summed E-state index contributed by atoms with van der Waals surface area (Å²) in [4.78, 5) is 27.2. The number of benzene rings is 2. The van der Waals surface area contributed by atoms with Crippen LogP contribution in [0.5, 0.6) is 0 Å². The molecule has 7 nitrogen and oxygen atoms in total. The van der Waals surface area contributed by atoms with E-state index in [4.69, 9.17) is 0 Å². The van der Waals surface area contributed by atoms with Crippen molar-refractivity contribution in [3.63, 3.8) is 0 Å². The van der Waals surface area contributed by atoms with Crippen LogP contribution in [0, 0.1) is 5.82 Å². The molecule has 2 amide bonds. The summed E-state index contributed by atoms with van der Waals surface area (Å²) in [5, 5.41) is 2.76. The van der Waals surface area contributed by atoms with Gasteiger partial charge >= 0.3 is 0 Å². The Labute approximate surface area is 196 Å². The summed E-state index contributed by atoms with van der Waals surface area (Å²) in [6.07, 6.45) is 1.01. The van der Waals surface area contributed by atoms with E-state index >= 15 is 0 Å². The smallest absolute Gasteiger partial charge is 0.244 e. The lowest BCUT2D eigenvalue weighted by molar-refractivity contribution is -0.139. The van der Waals surface area contributed by atoms with Gasteiger partial charge < -0.3 is 10.2 Å². The Morgan fingerprint density at radius 1 is 1.09 bits per heavy atom. The summed E-state index contributed by atoms with van der Waals surface area (Å²) < 4.78 is 39.9. The number of nitrogens with zero attached hydrogens (tertiary/aromatic N) is 2. The Morgan fingerprint density at radius 3 is 2.25 bits per heavy atom. The number of carbonyl (C=O) groups excluding carboxylic acids is 2. The number of nitrogens with one attached hydrogen (secondary N) is 1. The highest BCUT2D eigenvalue weighted by Crippen LogP contribution is 2.23. The molecule has 1 N–H and O–H groups in total. The topological polar surface area (TPSA) is 86.8 Å². The highest BCUT2D eigenvalue weighted by atomic mass is 79.9. The SMILES string of the molecule is CC(C)NC(=O)C(C)N(Cc1ccc(F)cc1)C(=O)CN(c1cccc(Br)c1)S(C)(=O)=O. The van der Waals surface area contributed by atoms with E-state index in [1.165, 1.54) is 29.2 Å². The van der Waals surface area contributed by atoms with Crippen LogP contribution < -0.4 is 9.62 Å². The summed E-state index contributed by atoms with van der Waals surface area (Å²) in [6.45, 7) is 4.70. The van der Waals surface area contributed by atoms with Gasteiger partial charge in [-0.15, -0.1) is 0 Å². The minimum absolute atomic E-state index is 0.0158. The predicted octanol–water partition coefficient (Wildman–Crippen LogP) is 3.30. The third-order valence-electron chi connectivity index (χ3n) is 4.64. The van der Waals surface area contributed by atoms with Gasteiger partial charge in [-0.1, -0.05) is 34.1 Å². The van der Waals surface area contributed by atoms with Crippen molar-refractivity contribution in [1.82, 2.24) is 10.2 Å². The Balaban J connectivity index is 2.38. The summed E-state index contributed by atoms with van der Waals surface area (Å²) >= 11 is 3.31. The average molecular weight is 528 g/mol. The number of hydrogen-bond donors (Lipinski definition) is 1. The van der Waals surface area contributed by atoms with Crippen molar-refractivity contribution < 1.29 is 22.4 Å². The minimum Gasteiger partial charge on any atom is -0.352 e. The first kappa shape index (κ1) is 25.8. The highest BCUT2D eigenvalue weighted by Gasteiger charge is 2.30. The lowest BCUT2D eigenvalue weighted by atomic mass is 10.1. The van der Waals surface area contributed by atoms with Crippen molar-refractivity contribution in [3.05, 3.63) is 64.4 Å². The maximum Gasteiger partial charge on any atom is 0.244 e. The van der Waals surface area contributed by atoms with Gasteiger partial charge in [-0.2, -0.15) is 0 Å². The quantitative estimate of drug-likeness (QED) is 0.542. The molecule has 0 fully saturated rings. The zero-order valence-corrected chi connectivity index (χ0v) is 20.8. The second kappa shape index (κ2) is 10.9. The maximum atomic E-state index is 13.3. The van der Waals surface area contributed by atoms with E-state index in [-0.39, 0.29) is 18.5 Å². The molecule has 1 unspecified atom stereocenters. The Hall–Kier alpha value is -2.46. The summed E-state index contributed by atoms with van der Waals surface area (Å²) in [5.41, 5.74) is 0.925. The Kier molecular flexibility index (Phi) is 8.80. The van der Waals surface area contributed by atoms with E-state index in [1.54, 1.807) is 45.0 Å². The zero-order valence-electron chi connectivity index (χ0n) is 18.4. The van der Waals surface area contributed by atoms with Gasteiger partial charge in [0.15, 0.2) is 0 Å². The van der Waals surface area contributed by atoms with Gasteiger partial charge in [-0.3, -0.25) is 13.9 Å². The summed E-state index contributed by atoms with van der Waals surface area (Å²) in [6, 6.07) is 11.1. The van der Waals surface area contributed by atoms with Crippen LogP contribution in [-0.4, -0.2) is 50.0 Å². The van der Waals surface area contributed by atoms with E-state index < -0.39 is 34.3 Å². The van der Waals surface area contributed by atoms with Gasteiger partial charge in [0.25, 0.3) is 0 Å². The van der Waals surface area contributed by atoms with Crippen LogP contribution in [0.2, 0.25) is 0 Å². The zero-order chi connectivity index (χ0) is 24.1. The van der Waals surface area contributed by atoms with E-state index in [0.29, 0.717) is 15.7 Å². The van der Waals surface area contributed by atoms with Crippen LogP contribution >= 0.6 is 15.9 Å². The number of sulfonamides is 1. The largest absolute Gasteiger partial charge is 0.352 e. The van der Waals surface area contributed by atoms with Gasteiger partial charge in [-0.25, -0.2) is 12.8 Å². The first-order valence-electron chi connectivity index (χ1n) is 9.96. The molecule has 0 bridgehead atoms. The molecule has 0 saturated carbocycles. The molecule has 2 aromatic rings. The first-order valence-corrected chi connectivity index (χ1v) is 12.6. The van der Waals surface area contributed by atoms with Crippen LogP contribution in [0.25, 0.3) is 0 Å². The third-order valence-corrected chi connectivity index (χ3v) is 6.27. The van der Waals surface area contributed by atoms with Crippen molar-refractivity contribution in [2.24, 2.45) is 0 Å². The fourth-order valence-electron chi connectivity index (χ4n) is 3.02. The van der Waals surface area contributed by atoms with E-state index in [0.717, 1.165) is 10.6 Å².